The first-order valence-electron chi connectivity index (χ1n) is 5.30. The van der Waals surface area contributed by atoms with Crippen molar-refractivity contribution in [2.24, 2.45) is 0 Å². The summed E-state index contributed by atoms with van der Waals surface area (Å²) < 4.78 is 0. The molecule has 0 aromatic rings. The average molecular weight is 245 g/mol. The summed E-state index contributed by atoms with van der Waals surface area (Å²) in [6.45, 7) is 1.58. The molecule has 2 unspecified atom stereocenters. The van der Waals surface area contributed by atoms with Gasteiger partial charge in [0.05, 0.1) is 6.42 Å². The van der Waals surface area contributed by atoms with E-state index in [1.165, 1.54) is 4.90 Å². The number of hydrogen-bond donors (Lipinski definition) is 1. The van der Waals surface area contributed by atoms with E-state index in [1.54, 1.807) is 6.92 Å². The van der Waals surface area contributed by atoms with Crippen LogP contribution in [0.2, 0.25) is 0 Å². The monoisotopic (exact) mass is 244 g/mol. The number of halogens is 1. The van der Waals surface area contributed by atoms with Crippen molar-refractivity contribution in [2.75, 3.05) is 0 Å². The minimum Gasteiger partial charge on any atom is -0.326 e. The molecule has 1 aliphatic heterocycles. The summed E-state index contributed by atoms with van der Waals surface area (Å²) in [5, 5.41) is 1.55. The molecule has 1 saturated heterocycles. The summed E-state index contributed by atoms with van der Waals surface area (Å²) >= 11 is 5.75. The molecule has 16 heavy (non-hydrogen) atoms. The van der Waals surface area contributed by atoms with Gasteiger partial charge in [0, 0.05) is 6.04 Å². The Kier molecular flexibility index (Phi) is 2.88. The van der Waals surface area contributed by atoms with Crippen LogP contribution in [0.25, 0.3) is 0 Å². The van der Waals surface area contributed by atoms with Gasteiger partial charge in [0.2, 0.25) is 17.7 Å². The molecule has 1 saturated carbocycles. The van der Waals surface area contributed by atoms with E-state index in [-0.39, 0.29) is 30.2 Å². The molecule has 2 rings (SSSR count). The smallest absolute Gasteiger partial charge is 0.249 e. The van der Waals surface area contributed by atoms with Crippen molar-refractivity contribution in [1.82, 2.24) is 10.2 Å². The van der Waals surface area contributed by atoms with E-state index in [1.807, 2.05) is 0 Å². The van der Waals surface area contributed by atoms with E-state index in [4.69, 9.17) is 11.6 Å². The van der Waals surface area contributed by atoms with Gasteiger partial charge in [-0.15, -0.1) is 11.6 Å². The maximum atomic E-state index is 11.9. The Bertz CT molecular complexity index is 352. The lowest BCUT2D eigenvalue weighted by atomic mass is 10.2. The molecule has 1 aliphatic carbocycles. The van der Waals surface area contributed by atoms with E-state index in [2.05, 4.69) is 5.32 Å². The fraction of sp³-hybridized carbons (Fsp3) is 0.700. The number of amides is 3. The minimum atomic E-state index is -0.663. The van der Waals surface area contributed by atoms with Crippen LogP contribution in [0.4, 0.5) is 0 Å². The van der Waals surface area contributed by atoms with Gasteiger partial charge in [-0.25, -0.2) is 0 Å². The molecule has 0 aromatic heterocycles. The fourth-order valence-electron chi connectivity index (χ4n) is 1.91. The van der Waals surface area contributed by atoms with Crippen LogP contribution in [-0.2, 0) is 14.4 Å². The third-order valence-electron chi connectivity index (χ3n) is 2.81. The molecule has 3 amide bonds. The van der Waals surface area contributed by atoms with Gasteiger partial charge in [-0.3, -0.25) is 19.7 Å². The third kappa shape index (κ3) is 2.04. The SMILES string of the molecule is CC(Cl)C(=O)N(C1CC1)C1CC(=O)NC1=O. The highest BCUT2D eigenvalue weighted by atomic mass is 35.5. The lowest BCUT2D eigenvalue weighted by molar-refractivity contribution is -0.139. The number of hydrogen-bond acceptors (Lipinski definition) is 3. The molecule has 0 spiro atoms. The van der Waals surface area contributed by atoms with Crippen molar-refractivity contribution in [1.29, 1.82) is 0 Å². The quantitative estimate of drug-likeness (QED) is 0.562. The van der Waals surface area contributed by atoms with Crippen LogP contribution >= 0.6 is 11.6 Å². The largest absolute Gasteiger partial charge is 0.326 e. The van der Waals surface area contributed by atoms with Crippen LogP contribution in [0.1, 0.15) is 26.2 Å². The van der Waals surface area contributed by atoms with E-state index < -0.39 is 11.4 Å². The maximum absolute atomic E-state index is 11.9. The number of alkyl halides is 1. The number of carbonyl (C=O) groups is 3. The van der Waals surface area contributed by atoms with Gasteiger partial charge in [-0.05, 0) is 19.8 Å². The lowest BCUT2D eigenvalue weighted by Gasteiger charge is -2.27. The number of carbonyl (C=O) groups excluding carboxylic acids is 3. The van der Waals surface area contributed by atoms with Gasteiger partial charge in [0.15, 0.2) is 0 Å². The molecule has 2 aliphatic rings. The zero-order valence-corrected chi connectivity index (χ0v) is 9.66. The molecule has 2 atom stereocenters. The number of rotatable bonds is 3. The molecule has 0 radical (unpaired) electrons. The first-order chi connectivity index (χ1) is 7.50. The zero-order valence-electron chi connectivity index (χ0n) is 8.90. The normalized spacial score (nSPS) is 26.5. The highest BCUT2D eigenvalue weighted by molar-refractivity contribution is 6.30. The van der Waals surface area contributed by atoms with Crippen LogP contribution in [0, 0.1) is 0 Å². The summed E-state index contributed by atoms with van der Waals surface area (Å²) in [7, 11) is 0. The summed E-state index contributed by atoms with van der Waals surface area (Å²) in [5.41, 5.74) is 0. The van der Waals surface area contributed by atoms with E-state index in [0.717, 1.165) is 12.8 Å². The zero-order chi connectivity index (χ0) is 11.9. The van der Waals surface area contributed by atoms with Crippen molar-refractivity contribution in [2.45, 2.75) is 43.6 Å². The Morgan fingerprint density at radius 2 is 2.12 bits per heavy atom. The van der Waals surface area contributed by atoms with Crippen molar-refractivity contribution in [3.8, 4) is 0 Å². The van der Waals surface area contributed by atoms with Gasteiger partial charge in [0.25, 0.3) is 0 Å². The maximum Gasteiger partial charge on any atom is 0.249 e. The highest BCUT2D eigenvalue weighted by Crippen LogP contribution is 2.31. The first kappa shape index (κ1) is 11.4. The molecule has 1 heterocycles. The molecule has 2 fully saturated rings. The van der Waals surface area contributed by atoms with Gasteiger partial charge < -0.3 is 4.90 Å². The van der Waals surface area contributed by atoms with E-state index in [0.29, 0.717) is 0 Å². The molecule has 88 valence electrons. The minimum absolute atomic E-state index is 0.0602. The molecule has 5 nitrogen and oxygen atoms in total. The van der Waals surface area contributed by atoms with E-state index >= 15 is 0 Å². The van der Waals surface area contributed by atoms with Crippen molar-refractivity contribution >= 4 is 29.3 Å². The Morgan fingerprint density at radius 1 is 1.50 bits per heavy atom. The predicted octanol–water partition coefficient (Wildman–Crippen LogP) is 0.0198. The summed E-state index contributed by atoms with van der Waals surface area (Å²) in [6.07, 6.45) is 1.82. The number of imide groups is 1. The lowest BCUT2D eigenvalue weighted by Crippen LogP contribution is -2.48. The Hall–Kier alpha value is -1.10. The fourth-order valence-corrected chi connectivity index (χ4v) is 2.02. The number of nitrogens with one attached hydrogen (secondary N) is 1. The molecule has 0 aromatic carbocycles. The molecular formula is C10H13ClN2O3. The molecular weight excluding hydrogens is 232 g/mol. The van der Waals surface area contributed by atoms with Gasteiger partial charge in [-0.2, -0.15) is 0 Å². The highest BCUT2D eigenvalue weighted by Gasteiger charge is 2.45. The molecule has 0 bridgehead atoms. The summed E-state index contributed by atoms with van der Waals surface area (Å²) in [6, 6.07) is -0.580. The van der Waals surface area contributed by atoms with Crippen LogP contribution in [-0.4, -0.2) is 40.1 Å². The summed E-state index contributed by atoms with van der Waals surface area (Å²) in [4.78, 5) is 36.0. The average Bonchev–Trinajstić information content (AvgIpc) is 2.95. The Morgan fingerprint density at radius 3 is 2.50 bits per heavy atom. The second-order valence-corrected chi connectivity index (χ2v) is 4.88. The van der Waals surface area contributed by atoms with Crippen LogP contribution in [0.15, 0.2) is 0 Å². The topological polar surface area (TPSA) is 66.5 Å². The molecule has 1 N–H and O–H groups in total. The molecule has 6 heteroatoms. The number of nitrogens with zero attached hydrogens (tertiary/aromatic N) is 1. The Labute approximate surface area is 98.1 Å². The van der Waals surface area contributed by atoms with Gasteiger partial charge >= 0.3 is 0 Å². The Balaban J connectivity index is 2.16. The van der Waals surface area contributed by atoms with Crippen molar-refractivity contribution in [3.63, 3.8) is 0 Å². The van der Waals surface area contributed by atoms with Crippen LogP contribution < -0.4 is 5.32 Å². The van der Waals surface area contributed by atoms with Crippen molar-refractivity contribution < 1.29 is 14.4 Å². The van der Waals surface area contributed by atoms with E-state index in [9.17, 15) is 14.4 Å². The standard InChI is InChI=1S/C10H13ClN2O3/c1-5(11)10(16)13(6-2-3-6)7-4-8(14)12-9(7)15/h5-7H,2-4H2,1H3,(H,12,14,15). The second kappa shape index (κ2) is 4.05. The predicted molar refractivity (Wildman–Crippen MR) is 56.7 cm³/mol. The van der Waals surface area contributed by atoms with Crippen LogP contribution in [0.5, 0.6) is 0 Å². The van der Waals surface area contributed by atoms with Gasteiger partial charge in [0.1, 0.15) is 11.4 Å². The van der Waals surface area contributed by atoms with Crippen molar-refractivity contribution in [3.05, 3.63) is 0 Å². The third-order valence-corrected chi connectivity index (χ3v) is 3.00. The van der Waals surface area contributed by atoms with Crippen LogP contribution in [0.3, 0.4) is 0 Å². The summed E-state index contributed by atoms with van der Waals surface area (Å²) in [5.74, 6) is -0.975. The van der Waals surface area contributed by atoms with Gasteiger partial charge in [-0.1, -0.05) is 0 Å². The second-order valence-electron chi connectivity index (χ2n) is 4.23. The first-order valence-corrected chi connectivity index (χ1v) is 5.74.